The molecule has 0 bridgehead atoms. The molecule has 2 amide bonds. The maximum Gasteiger partial charge on any atom is 0.244 e. The van der Waals surface area contributed by atoms with E-state index in [1.54, 1.807) is 7.05 Å². The summed E-state index contributed by atoms with van der Waals surface area (Å²) in [6, 6.07) is 0. The largest absolute Gasteiger partial charge is 0.302 e. The molecule has 1 heterocycles. The van der Waals surface area contributed by atoms with Gasteiger partial charge < -0.3 is 5.32 Å². The first kappa shape index (κ1) is 14.1. The van der Waals surface area contributed by atoms with Crippen LogP contribution in [0.1, 0.15) is 40.0 Å². The molecular formula is C12H20N2O2S. The van der Waals surface area contributed by atoms with Crippen molar-refractivity contribution in [2.24, 2.45) is 11.3 Å². The van der Waals surface area contributed by atoms with Crippen molar-refractivity contribution in [2.45, 2.75) is 40.0 Å². The fourth-order valence-corrected chi connectivity index (χ4v) is 2.23. The first-order valence-corrected chi connectivity index (χ1v) is 6.39. The van der Waals surface area contributed by atoms with Gasteiger partial charge in [-0.2, -0.15) is 0 Å². The fraction of sp³-hybridized carbons (Fsp3) is 0.750. The molecule has 1 saturated heterocycles. The van der Waals surface area contributed by atoms with E-state index in [9.17, 15) is 9.59 Å². The second kappa shape index (κ2) is 5.12. The molecular weight excluding hydrogens is 236 g/mol. The van der Waals surface area contributed by atoms with E-state index in [1.165, 1.54) is 4.90 Å². The van der Waals surface area contributed by atoms with E-state index in [-0.39, 0.29) is 16.9 Å². The van der Waals surface area contributed by atoms with Crippen LogP contribution in [0.5, 0.6) is 0 Å². The first-order valence-electron chi connectivity index (χ1n) is 5.98. The number of thiocarbonyl (C=S) groups is 1. The second-order valence-corrected chi connectivity index (χ2v) is 5.38. The summed E-state index contributed by atoms with van der Waals surface area (Å²) in [7, 11) is 1.61. The van der Waals surface area contributed by atoms with Gasteiger partial charge in [-0.15, -0.1) is 0 Å². The van der Waals surface area contributed by atoms with Crippen molar-refractivity contribution in [1.29, 1.82) is 0 Å². The summed E-state index contributed by atoms with van der Waals surface area (Å²) in [6.07, 6.45) is 1.95. The molecule has 1 rings (SSSR count). The van der Waals surface area contributed by atoms with Crippen LogP contribution in [0.4, 0.5) is 0 Å². The van der Waals surface area contributed by atoms with Crippen molar-refractivity contribution in [2.75, 3.05) is 7.05 Å². The van der Waals surface area contributed by atoms with Crippen molar-refractivity contribution in [3.63, 3.8) is 0 Å². The maximum atomic E-state index is 12.3. The Kier molecular flexibility index (Phi) is 4.25. The smallest absolute Gasteiger partial charge is 0.244 e. The van der Waals surface area contributed by atoms with Crippen molar-refractivity contribution < 1.29 is 9.59 Å². The third kappa shape index (κ3) is 2.49. The fourth-order valence-electron chi connectivity index (χ4n) is 2.06. The molecule has 0 aliphatic carbocycles. The van der Waals surface area contributed by atoms with Gasteiger partial charge >= 0.3 is 0 Å². The standard InChI is InChI=1S/C12H20N2O2S/c1-5-12(7-6-8(2)3)9(15)13-11(17)14(4)10(12)16/h8H,5-7H2,1-4H3,(H,13,15,17)/t12-/m1/s1. The lowest BCUT2D eigenvalue weighted by Crippen LogP contribution is -2.62. The number of nitrogens with one attached hydrogen (secondary N) is 1. The highest BCUT2D eigenvalue weighted by molar-refractivity contribution is 7.80. The number of carbonyl (C=O) groups excluding carboxylic acids is 2. The van der Waals surface area contributed by atoms with Gasteiger partial charge in [0.1, 0.15) is 5.41 Å². The highest BCUT2D eigenvalue weighted by atomic mass is 32.1. The van der Waals surface area contributed by atoms with Crippen LogP contribution in [0.3, 0.4) is 0 Å². The SMILES string of the molecule is CC[C@@]1(CCC(C)C)C(=O)NC(=S)N(C)C1=O. The number of nitrogens with zero attached hydrogens (tertiary/aromatic N) is 1. The maximum absolute atomic E-state index is 12.3. The van der Waals surface area contributed by atoms with Gasteiger partial charge in [0, 0.05) is 7.05 Å². The first-order chi connectivity index (χ1) is 7.85. The van der Waals surface area contributed by atoms with Crippen LogP contribution in [0.25, 0.3) is 0 Å². The van der Waals surface area contributed by atoms with Gasteiger partial charge in [-0.05, 0) is 37.4 Å². The lowest BCUT2D eigenvalue weighted by molar-refractivity contribution is -0.150. The highest BCUT2D eigenvalue weighted by Gasteiger charge is 2.49. The minimum atomic E-state index is -0.929. The molecule has 0 unspecified atom stereocenters. The zero-order valence-electron chi connectivity index (χ0n) is 10.9. The Hall–Kier alpha value is -0.970. The van der Waals surface area contributed by atoms with Gasteiger partial charge in [0.2, 0.25) is 11.8 Å². The van der Waals surface area contributed by atoms with E-state index in [0.29, 0.717) is 18.8 Å². The molecule has 0 aromatic carbocycles. The van der Waals surface area contributed by atoms with Gasteiger partial charge in [-0.1, -0.05) is 20.8 Å². The zero-order valence-corrected chi connectivity index (χ0v) is 11.7. The van der Waals surface area contributed by atoms with Crippen LogP contribution < -0.4 is 5.32 Å². The van der Waals surface area contributed by atoms with Crippen LogP contribution in [-0.4, -0.2) is 28.9 Å². The normalized spacial score (nSPS) is 25.5. The van der Waals surface area contributed by atoms with Gasteiger partial charge in [-0.3, -0.25) is 14.5 Å². The van der Waals surface area contributed by atoms with E-state index < -0.39 is 5.41 Å². The van der Waals surface area contributed by atoms with Crippen LogP contribution in [0.2, 0.25) is 0 Å². The van der Waals surface area contributed by atoms with E-state index >= 15 is 0 Å². The van der Waals surface area contributed by atoms with Crippen molar-refractivity contribution >= 4 is 29.1 Å². The summed E-state index contributed by atoms with van der Waals surface area (Å²) in [4.78, 5) is 25.7. The highest BCUT2D eigenvalue weighted by Crippen LogP contribution is 2.34. The van der Waals surface area contributed by atoms with E-state index in [2.05, 4.69) is 19.2 Å². The molecule has 4 nitrogen and oxygen atoms in total. The van der Waals surface area contributed by atoms with Crippen LogP contribution in [0.15, 0.2) is 0 Å². The summed E-state index contributed by atoms with van der Waals surface area (Å²) in [5.74, 6) is 0.0568. The Labute approximate surface area is 108 Å². The summed E-state index contributed by atoms with van der Waals surface area (Å²) < 4.78 is 0. The molecule has 17 heavy (non-hydrogen) atoms. The Morgan fingerprint density at radius 2 is 2.00 bits per heavy atom. The zero-order chi connectivity index (χ0) is 13.2. The van der Waals surface area contributed by atoms with E-state index in [1.807, 2.05) is 6.92 Å². The Bertz CT molecular complexity index is 354. The van der Waals surface area contributed by atoms with Crippen LogP contribution >= 0.6 is 12.2 Å². The molecule has 0 aromatic rings. The van der Waals surface area contributed by atoms with Crippen LogP contribution in [-0.2, 0) is 9.59 Å². The molecule has 96 valence electrons. The van der Waals surface area contributed by atoms with Gasteiger partial charge in [0.05, 0.1) is 0 Å². The number of hydrogen-bond donors (Lipinski definition) is 1. The second-order valence-electron chi connectivity index (χ2n) is 4.99. The van der Waals surface area contributed by atoms with Gasteiger partial charge in [0.25, 0.3) is 0 Å². The van der Waals surface area contributed by atoms with E-state index in [4.69, 9.17) is 12.2 Å². The summed E-state index contributed by atoms with van der Waals surface area (Å²) in [6.45, 7) is 6.05. The van der Waals surface area contributed by atoms with Crippen molar-refractivity contribution in [3.8, 4) is 0 Å². The minimum absolute atomic E-state index is 0.172. The number of rotatable bonds is 4. The molecule has 1 fully saturated rings. The average Bonchev–Trinajstić information content (AvgIpc) is 2.27. The molecule has 1 N–H and O–H groups in total. The predicted octanol–water partition coefficient (Wildman–Crippen LogP) is 1.69. The summed E-state index contributed by atoms with van der Waals surface area (Å²) in [5.41, 5.74) is -0.929. The molecule has 0 radical (unpaired) electrons. The number of amides is 2. The van der Waals surface area contributed by atoms with Crippen molar-refractivity contribution in [1.82, 2.24) is 10.2 Å². The van der Waals surface area contributed by atoms with E-state index in [0.717, 1.165) is 6.42 Å². The van der Waals surface area contributed by atoms with Gasteiger partial charge in [-0.25, -0.2) is 0 Å². The van der Waals surface area contributed by atoms with Gasteiger partial charge in [0.15, 0.2) is 5.11 Å². The monoisotopic (exact) mass is 256 g/mol. The molecule has 0 spiro atoms. The average molecular weight is 256 g/mol. The summed E-state index contributed by atoms with van der Waals surface area (Å²) >= 11 is 4.94. The molecule has 1 atom stereocenters. The molecule has 5 heteroatoms. The Morgan fingerprint density at radius 1 is 1.41 bits per heavy atom. The number of carbonyl (C=O) groups is 2. The minimum Gasteiger partial charge on any atom is -0.302 e. The summed E-state index contributed by atoms with van der Waals surface area (Å²) in [5, 5.41) is 2.83. The molecule has 1 aliphatic rings. The Balaban J connectivity index is 2.98. The lowest BCUT2D eigenvalue weighted by Gasteiger charge is -2.39. The quantitative estimate of drug-likeness (QED) is 0.615. The Morgan fingerprint density at radius 3 is 2.47 bits per heavy atom. The van der Waals surface area contributed by atoms with Crippen LogP contribution in [0, 0.1) is 11.3 Å². The molecule has 0 aromatic heterocycles. The topological polar surface area (TPSA) is 49.4 Å². The molecule has 1 aliphatic heterocycles. The third-order valence-corrected chi connectivity index (χ3v) is 3.80. The lowest BCUT2D eigenvalue weighted by atomic mass is 9.76. The molecule has 0 saturated carbocycles. The number of hydrogen-bond acceptors (Lipinski definition) is 3. The third-order valence-electron chi connectivity index (χ3n) is 3.43. The van der Waals surface area contributed by atoms with Crippen molar-refractivity contribution in [3.05, 3.63) is 0 Å². The predicted molar refractivity (Wildman–Crippen MR) is 70.3 cm³/mol.